The van der Waals surface area contributed by atoms with E-state index in [0.29, 0.717) is 12.0 Å². The molecule has 0 saturated heterocycles. The van der Waals surface area contributed by atoms with Gasteiger partial charge < -0.3 is 5.11 Å². The van der Waals surface area contributed by atoms with E-state index in [2.05, 4.69) is 0 Å². The number of rotatable bonds is 5. The first-order chi connectivity index (χ1) is 9.24. The minimum absolute atomic E-state index is 0.000506. The molecule has 19 heavy (non-hydrogen) atoms. The molecule has 1 N–H and O–H groups in total. The van der Waals surface area contributed by atoms with Crippen LogP contribution in [0, 0.1) is 5.92 Å². The lowest BCUT2D eigenvalue weighted by Gasteiger charge is -2.20. The average molecular weight is 254 g/mol. The zero-order chi connectivity index (χ0) is 13.7. The van der Waals surface area contributed by atoms with Crippen molar-refractivity contribution in [2.24, 2.45) is 5.92 Å². The summed E-state index contributed by atoms with van der Waals surface area (Å²) in [6.07, 6.45) is -0.136. The molecule has 0 aliphatic carbocycles. The quantitative estimate of drug-likeness (QED) is 0.827. The van der Waals surface area contributed by atoms with E-state index in [1.807, 2.05) is 55.5 Å². The van der Waals surface area contributed by atoms with E-state index in [4.69, 9.17) is 0 Å². The summed E-state index contributed by atoms with van der Waals surface area (Å²) in [5.74, 6) is -0.399. The minimum Gasteiger partial charge on any atom is -0.388 e. The molecule has 0 aromatic heterocycles. The highest BCUT2D eigenvalue weighted by Crippen LogP contribution is 2.27. The van der Waals surface area contributed by atoms with Crippen molar-refractivity contribution < 1.29 is 9.90 Å². The zero-order valence-electron chi connectivity index (χ0n) is 11.0. The molecule has 0 amide bonds. The monoisotopic (exact) mass is 254 g/mol. The summed E-state index contributed by atoms with van der Waals surface area (Å²) in [6.45, 7) is 1.93. The number of aliphatic hydroxyl groups is 1. The highest BCUT2D eigenvalue weighted by Gasteiger charge is 2.26. The summed E-state index contributed by atoms with van der Waals surface area (Å²) in [6, 6.07) is 18.5. The molecule has 2 aromatic rings. The van der Waals surface area contributed by atoms with E-state index in [1.165, 1.54) is 0 Å². The Morgan fingerprint density at radius 1 is 1.00 bits per heavy atom. The maximum atomic E-state index is 12.4. The van der Waals surface area contributed by atoms with Crippen molar-refractivity contribution in [2.45, 2.75) is 19.4 Å². The SMILES string of the molecule is CC[C@H](C(=O)c1ccccc1)[C@@H](O)c1ccccc1. The van der Waals surface area contributed by atoms with Crippen LogP contribution in [0.25, 0.3) is 0 Å². The van der Waals surface area contributed by atoms with E-state index in [0.717, 1.165) is 5.56 Å². The molecule has 2 aromatic carbocycles. The van der Waals surface area contributed by atoms with Crippen LogP contribution in [0.2, 0.25) is 0 Å². The first kappa shape index (κ1) is 13.5. The van der Waals surface area contributed by atoms with E-state index in [-0.39, 0.29) is 5.78 Å². The fourth-order valence-corrected chi connectivity index (χ4v) is 2.25. The molecule has 98 valence electrons. The third kappa shape index (κ3) is 3.09. The van der Waals surface area contributed by atoms with Gasteiger partial charge in [-0.2, -0.15) is 0 Å². The van der Waals surface area contributed by atoms with Crippen LogP contribution in [0.15, 0.2) is 60.7 Å². The van der Waals surface area contributed by atoms with Gasteiger partial charge in [0.15, 0.2) is 5.78 Å². The van der Waals surface area contributed by atoms with Crippen molar-refractivity contribution in [3.05, 3.63) is 71.8 Å². The van der Waals surface area contributed by atoms with Crippen LogP contribution in [-0.4, -0.2) is 10.9 Å². The molecule has 0 aliphatic rings. The van der Waals surface area contributed by atoms with Crippen LogP contribution < -0.4 is 0 Å². The first-order valence-corrected chi connectivity index (χ1v) is 6.56. The van der Waals surface area contributed by atoms with Crippen LogP contribution in [0.4, 0.5) is 0 Å². The molecule has 0 fully saturated rings. The summed E-state index contributed by atoms with van der Waals surface area (Å²) in [4.78, 5) is 12.4. The Hall–Kier alpha value is -1.93. The highest BCUT2D eigenvalue weighted by atomic mass is 16.3. The van der Waals surface area contributed by atoms with Gasteiger partial charge in [-0.15, -0.1) is 0 Å². The Bertz CT molecular complexity index is 519. The van der Waals surface area contributed by atoms with Gasteiger partial charge in [-0.05, 0) is 12.0 Å². The van der Waals surface area contributed by atoms with E-state index in [1.54, 1.807) is 12.1 Å². The third-order valence-electron chi connectivity index (χ3n) is 3.36. The Morgan fingerprint density at radius 3 is 2.05 bits per heavy atom. The standard InChI is InChI=1S/C17H18O2/c1-2-15(16(18)13-9-5-3-6-10-13)17(19)14-11-7-4-8-12-14/h3-12,15-16,18H,2H2,1H3/t15-,16-/m0/s1. The van der Waals surface area contributed by atoms with Gasteiger partial charge in [-0.3, -0.25) is 4.79 Å². The van der Waals surface area contributed by atoms with Crippen molar-refractivity contribution in [3.8, 4) is 0 Å². The largest absolute Gasteiger partial charge is 0.388 e. The molecule has 0 spiro atoms. The van der Waals surface area contributed by atoms with Crippen molar-refractivity contribution in [3.63, 3.8) is 0 Å². The zero-order valence-corrected chi connectivity index (χ0v) is 11.0. The number of hydrogen-bond acceptors (Lipinski definition) is 2. The van der Waals surface area contributed by atoms with Gasteiger partial charge >= 0.3 is 0 Å². The molecule has 2 atom stereocenters. The number of ketones is 1. The third-order valence-corrected chi connectivity index (χ3v) is 3.36. The molecule has 2 nitrogen and oxygen atoms in total. The lowest BCUT2D eigenvalue weighted by atomic mass is 9.87. The molecule has 0 bridgehead atoms. The van der Waals surface area contributed by atoms with Crippen LogP contribution in [-0.2, 0) is 0 Å². The molecule has 0 radical (unpaired) electrons. The van der Waals surface area contributed by atoms with Crippen molar-refractivity contribution in [1.82, 2.24) is 0 Å². The number of carbonyl (C=O) groups excluding carboxylic acids is 1. The van der Waals surface area contributed by atoms with E-state index in [9.17, 15) is 9.90 Å². The van der Waals surface area contributed by atoms with E-state index >= 15 is 0 Å². The fraction of sp³-hybridized carbons (Fsp3) is 0.235. The van der Waals surface area contributed by atoms with Gasteiger partial charge in [-0.1, -0.05) is 67.6 Å². The maximum absolute atomic E-state index is 12.4. The number of Topliss-reactive ketones (excluding diaryl/α,β-unsaturated/α-hetero) is 1. The highest BCUT2D eigenvalue weighted by molar-refractivity contribution is 5.98. The van der Waals surface area contributed by atoms with Crippen molar-refractivity contribution >= 4 is 5.78 Å². The molecule has 0 aliphatic heterocycles. The maximum Gasteiger partial charge on any atom is 0.168 e. The molecule has 0 heterocycles. The van der Waals surface area contributed by atoms with Crippen molar-refractivity contribution in [2.75, 3.05) is 0 Å². The van der Waals surface area contributed by atoms with Crippen LogP contribution in [0.1, 0.15) is 35.4 Å². The normalized spacial score (nSPS) is 13.8. The second-order valence-corrected chi connectivity index (χ2v) is 4.60. The average Bonchev–Trinajstić information content (AvgIpc) is 2.49. The molecular formula is C17H18O2. The number of carbonyl (C=O) groups is 1. The smallest absolute Gasteiger partial charge is 0.168 e. The number of aliphatic hydroxyl groups excluding tert-OH is 1. The van der Waals surface area contributed by atoms with Crippen LogP contribution in [0.3, 0.4) is 0 Å². The molecule has 2 rings (SSSR count). The predicted octanol–water partition coefficient (Wildman–Crippen LogP) is 3.63. The topological polar surface area (TPSA) is 37.3 Å². The molecular weight excluding hydrogens is 236 g/mol. The summed E-state index contributed by atoms with van der Waals surface area (Å²) < 4.78 is 0. The van der Waals surface area contributed by atoms with Crippen molar-refractivity contribution in [1.29, 1.82) is 0 Å². The minimum atomic E-state index is -0.751. The van der Waals surface area contributed by atoms with Gasteiger partial charge in [0.25, 0.3) is 0 Å². The molecule has 2 heteroatoms. The second-order valence-electron chi connectivity index (χ2n) is 4.60. The lowest BCUT2D eigenvalue weighted by molar-refractivity contribution is 0.0667. The summed E-state index contributed by atoms with van der Waals surface area (Å²) in [5.41, 5.74) is 1.45. The summed E-state index contributed by atoms with van der Waals surface area (Å²) >= 11 is 0. The van der Waals surface area contributed by atoms with Gasteiger partial charge in [0.1, 0.15) is 0 Å². The fourth-order valence-electron chi connectivity index (χ4n) is 2.25. The van der Waals surface area contributed by atoms with Gasteiger partial charge in [0, 0.05) is 5.56 Å². The number of benzene rings is 2. The predicted molar refractivity (Wildman–Crippen MR) is 76.0 cm³/mol. The Morgan fingerprint density at radius 2 is 1.53 bits per heavy atom. The molecule has 0 unspecified atom stereocenters. The first-order valence-electron chi connectivity index (χ1n) is 6.56. The van der Waals surface area contributed by atoms with Gasteiger partial charge in [-0.25, -0.2) is 0 Å². The van der Waals surface area contributed by atoms with Crippen LogP contribution >= 0.6 is 0 Å². The Balaban J connectivity index is 2.23. The molecule has 0 saturated carbocycles. The van der Waals surface area contributed by atoms with E-state index < -0.39 is 12.0 Å². The number of hydrogen-bond donors (Lipinski definition) is 1. The second kappa shape index (κ2) is 6.30. The Kier molecular flexibility index (Phi) is 4.48. The van der Waals surface area contributed by atoms with Crippen LogP contribution in [0.5, 0.6) is 0 Å². The van der Waals surface area contributed by atoms with Gasteiger partial charge in [0.05, 0.1) is 12.0 Å². The van der Waals surface area contributed by atoms with Gasteiger partial charge in [0.2, 0.25) is 0 Å². The summed E-state index contributed by atoms with van der Waals surface area (Å²) in [7, 11) is 0. The summed E-state index contributed by atoms with van der Waals surface area (Å²) in [5, 5.41) is 10.4. The lowest BCUT2D eigenvalue weighted by Crippen LogP contribution is -2.22. The Labute approximate surface area is 113 Å².